The van der Waals surface area contributed by atoms with Gasteiger partial charge in [-0.1, -0.05) is 45.9 Å². The van der Waals surface area contributed by atoms with Gasteiger partial charge in [0.05, 0.1) is 0 Å². The van der Waals surface area contributed by atoms with Gasteiger partial charge in [0.2, 0.25) is 0 Å². The first-order valence-electron chi connectivity index (χ1n) is 5.23. The Balaban J connectivity index is 2.16. The Morgan fingerprint density at radius 3 is 3.12 bits per heavy atom. The van der Waals surface area contributed by atoms with Crippen molar-refractivity contribution in [3.05, 3.63) is 40.5 Å². The van der Waals surface area contributed by atoms with E-state index in [2.05, 4.69) is 33.0 Å². The monoisotopic (exact) mass is 309 g/mol. The molecule has 0 radical (unpaired) electrons. The van der Waals surface area contributed by atoms with E-state index in [1.54, 1.807) is 6.92 Å². The summed E-state index contributed by atoms with van der Waals surface area (Å²) in [5.74, 6) is 0.721. The highest BCUT2D eigenvalue weighted by atomic mass is 79.9. The van der Waals surface area contributed by atoms with Gasteiger partial charge < -0.3 is 4.98 Å². The van der Waals surface area contributed by atoms with Crippen molar-refractivity contribution in [1.29, 1.82) is 0 Å². The lowest BCUT2D eigenvalue weighted by atomic mass is 10.2. The molecule has 0 aliphatic carbocycles. The molecule has 0 atom stereocenters. The molecule has 4 heteroatoms. The number of aromatic nitrogens is 1. The quantitative estimate of drug-likeness (QED) is 0.920. The number of fused-ring (bicyclic) bond motifs is 1. The average Bonchev–Trinajstić information content (AvgIpc) is 2.66. The topological polar surface area (TPSA) is 32.9 Å². The molecule has 1 aromatic heterocycles. The van der Waals surface area contributed by atoms with Gasteiger partial charge in [0.15, 0.2) is 5.12 Å². The second-order valence-electron chi connectivity index (χ2n) is 3.64. The van der Waals surface area contributed by atoms with Crippen LogP contribution in [0.15, 0.2) is 34.9 Å². The third kappa shape index (κ3) is 3.23. The lowest BCUT2D eigenvalue weighted by Crippen LogP contribution is -1.81. The molecule has 88 valence electrons. The normalized spacial score (nSPS) is 11.4. The van der Waals surface area contributed by atoms with E-state index in [0.717, 1.165) is 21.3 Å². The molecule has 17 heavy (non-hydrogen) atoms. The van der Waals surface area contributed by atoms with Crippen molar-refractivity contribution in [3.63, 3.8) is 0 Å². The Bertz CT molecular complexity index is 574. The summed E-state index contributed by atoms with van der Waals surface area (Å²) in [4.78, 5) is 14.0. The number of halogens is 1. The van der Waals surface area contributed by atoms with Crippen LogP contribution < -0.4 is 0 Å². The van der Waals surface area contributed by atoms with Crippen molar-refractivity contribution in [3.8, 4) is 0 Å². The number of carbonyl (C=O) groups excluding carboxylic acids is 1. The summed E-state index contributed by atoms with van der Waals surface area (Å²) in [5, 5.41) is 1.34. The van der Waals surface area contributed by atoms with E-state index in [0.29, 0.717) is 0 Å². The number of nitrogens with one attached hydrogen (secondary N) is 1. The molecule has 2 rings (SSSR count). The van der Waals surface area contributed by atoms with Gasteiger partial charge in [-0.05, 0) is 17.7 Å². The van der Waals surface area contributed by atoms with Crippen LogP contribution in [0.3, 0.4) is 0 Å². The van der Waals surface area contributed by atoms with E-state index in [9.17, 15) is 4.79 Å². The molecule has 2 nitrogen and oxygen atoms in total. The minimum absolute atomic E-state index is 0.150. The Hall–Kier alpha value is -1.000. The molecule has 2 aromatic rings. The number of carbonyl (C=O) groups is 1. The Morgan fingerprint density at radius 1 is 1.53 bits per heavy atom. The predicted molar refractivity (Wildman–Crippen MR) is 78.2 cm³/mol. The third-order valence-electron chi connectivity index (χ3n) is 2.36. The number of rotatable bonds is 3. The number of aromatic amines is 1. The lowest BCUT2D eigenvalue weighted by molar-refractivity contribution is -0.109. The van der Waals surface area contributed by atoms with Gasteiger partial charge in [-0.25, -0.2) is 0 Å². The van der Waals surface area contributed by atoms with E-state index in [-0.39, 0.29) is 5.12 Å². The lowest BCUT2D eigenvalue weighted by Gasteiger charge is -1.93. The number of H-pyrrole nitrogens is 1. The number of hydrogen-bond donors (Lipinski definition) is 1. The summed E-state index contributed by atoms with van der Waals surface area (Å²) < 4.78 is 1.06. The minimum atomic E-state index is 0.150. The SMILES string of the molecule is CC(=O)SCC=Cc1c[nH]c2cc(Br)ccc12. The number of benzene rings is 1. The van der Waals surface area contributed by atoms with E-state index in [1.165, 1.54) is 17.1 Å². The fourth-order valence-electron chi connectivity index (χ4n) is 1.60. The Kier molecular flexibility index (Phi) is 4.07. The standard InChI is InChI=1S/C13H12BrNOS/c1-9(16)17-6-2-3-10-8-15-13-7-11(14)4-5-12(10)13/h2-5,7-8,15H,6H2,1H3. The molecule has 1 N–H and O–H groups in total. The first-order chi connectivity index (χ1) is 8.16. The molecule has 0 spiro atoms. The van der Waals surface area contributed by atoms with Crippen molar-refractivity contribution in [2.75, 3.05) is 5.75 Å². The zero-order valence-corrected chi connectivity index (χ0v) is 11.8. The van der Waals surface area contributed by atoms with Crippen LogP contribution in [0.1, 0.15) is 12.5 Å². The number of hydrogen-bond acceptors (Lipinski definition) is 2. The molecule has 0 bridgehead atoms. The van der Waals surface area contributed by atoms with Gasteiger partial charge in [-0.3, -0.25) is 4.79 Å². The fourth-order valence-corrected chi connectivity index (χ4v) is 2.39. The van der Waals surface area contributed by atoms with Gasteiger partial charge in [-0.15, -0.1) is 0 Å². The van der Waals surface area contributed by atoms with Crippen LogP contribution in [0.4, 0.5) is 0 Å². The van der Waals surface area contributed by atoms with Crippen LogP contribution >= 0.6 is 27.7 Å². The highest BCUT2D eigenvalue weighted by Gasteiger charge is 2.00. The summed E-state index contributed by atoms with van der Waals surface area (Å²) in [5.41, 5.74) is 2.26. The van der Waals surface area contributed by atoms with Crippen LogP contribution in [0, 0.1) is 0 Å². The second kappa shape index (κ2) is 5.56. The van der Waals surface area contributed by atoms with Crippen LogP contribution in [0.25, 0.3) is 17.0 Å². The molecule has 1 aromatic carbocycles. The zero-order valence-electron chi connectivity index (χ0n) is 9.37. The van der Waals surface area contributed by atoms with Crippen LogP contribution in [-0.2, 0) is 4.79 Å². The maximum atomic E-state index is 10.8. The molecule has 0 aliphatic rings. The smallest absolute Gasteiger partial charge is 0.186 e. The average molecular weight is 310 g/mol. The van der Waals surface area contributed by atoms with Crippen LogP contribution in [0.5, 0.6) is 0 Å². The first kappa shape index (κ1) is 12.5. The second-order valence-corrected chi connectivity index (χ2v) is 5.75. The third-order valence-corrected chi connectivity index (χ3v) is 3.61. The summed E-state index contributed by atoms with van der Waals surface area (Å²) in [6, 6.07) is 6.16. The molecule has 0 fully saturated rings. The van der Waals surface area contributed by atoms with Crippen molar-refractivity contribution < 1.29 is 4.79 Å². The summed E-state index contributed by atoms with van der Waals surface area (Å²) in [6.07, 6.45) is 6.03. The molecule has 1 heterocycles. The maximum absolute atomic E-state index is 10.8. The molecular formula is C13H12BrNOS. The fraction of sp³-hybridized carbons (Fsp3) is 0.154. The van der Waals surface area contributed by atoms with Crippen molar-refractivity contribution in [1.82, 2.24) is 4.98 Å². The van der Waals surface area contributed by atoms with Gasteiger partial charge in [0.1, 0.15) is 0 Å². The predicted octanol–water partition coefficient (Wildman–Crippen LogP) is 4.22. The van der Waals surface area contributed by atoms with Crippen molar-refractivity contribution >= 4 is 49.8 Å². The van der Waals surface area contributed by atoms with Gasteiger partial charge in [-0.2, -0.15) is 0 Å². The van der Waals surface area contributed by atoms with Crippen LogP contribution in [-0.4, -0.2) is 15.9 Å². The highest BCUT2D eigenvalue weighted by molar-refractivity contribution is 9.10. The van der Waals surface area contributed by atoms with Crippen LogP contribution in [0.2, 0.25) is 0 Å². The zero-order chi connectivity index (χ0) is 12.3. The van der Waals surface area contributed by atoms with E-state index in [1.807, 2.05) is 24.4 Å². The maximum Gasteiger partial charge on any atom is 0.186 e. The van der Waals surface area contributed by atoms with E-state index >= 15 is 0 Å². The minimum Gasteiger partial charge on any atom is -0.361 e. The van der Waals surface area contributed by atoms with E-state index < -0.39 is 0 Å². The summed E-state index contributed by atoms with van der Waals surface area (Å²) in [7, 11) is 0. The first-order valence-corrected chi connectivity index (χ1v) is 7.01. The summed E-state index contributed by atoms with van der Waals surface area (Å²) in [6.45, 7) is 1.59. The highest BCUT2D eigenvalue weighted by Crippen LogP contribution is 2.23. The van der Waals surface area contributed by atoms with Crippen molar-refractivity contribution in [2.24, 2.45) is 0 Å². The molecule has 0 aliphatic heterocycles. The van der Waals surface area contributed by atoms with Gasteiger partial charge in [0.25, 0.3) is 0 Å². The Morgan fingerprint density at radius 2 is 2.35 bits per heavy atom. The largest absolute Gasteiger partial charge is 0.361 e. The molecular weight excluding hydrogens is 298 g/mol. The molecule has 0 unspecified atom stereocenters. The molecule has 0 saturated carbocycles. The number of thioether (sulfide) groups is 1. The van der Waals surface area contributed by atoms with Gasteiger partial charge >= 0.3 is 0 Å². The van der Waals surface area contributed by atoms with Crippen molar-refractivity contribution in [2.45, 2.75) is 6.92 Å². The van der Waals surface area contributed by atoms with Gasteiger partial charge in [0, 0.05) is 34.2 Å². The molecule has 0 saturated heterocycles. The summed E-state index contributed by atoms with van der Waals surface area (Å²) >= 11 is 4.76. The van der Waals surface area contributed by atoms with E-state index in [4.69, 9.17) is 0 Å². The molecule has 0 amide bonds. The Labute approximate surface area is 113 Å².